The van der Waals surface area contributed by atoms with E-state index in [-0.39, 0.29) is 0 Å². The van der Waals surface area contributed by atoms with Gasteiger partial charge in [0.05, 0.1) is 12.8 Å². The number of hydrazone groups is 1. The first-order chi connectivity index (χ1) is 8.35. The van der Waals surface area contributed by atoms with Gasteiger partial charge in [0.2, 0.25) is 0 Å². The van der Waals surface area contributed by atoms with E-state index in [0.717, 1.165) is 5.01 Å². The third kappa shape index (κ3) is 2.18. The van der Waals surface area contributed by atoms with Gasteiger partial charge in [-0.3, -0.25) is 0 Å². The van der Waals surface area contributed by atoms with Crippen molar-refractivity contribution >= 4 is 12.2 Å². The highest BCUT2D eigenvalue weighted by Crippen LogP contribution is 2.25. The van der Waals surface area contributed by atoms with Crippen molar-refractivity contribution in [3.63, 3.8) is 0 Å². The molecule has 2 heterocycles. The first kappa shape index (κ1) is 13.2. The summed E-state index contributed by atoms with van der Waals surface area (Å²) in [7, 11) is 0. The number of rotatable bonds is 2. The van der Waals surface area contributed by atoms with Gasteiger partial charge in [0.25, 0.3) is 0 Å². The Kier molecular flexibility index (Phi) is 3.25. The van der Waals surface area contributed by atoms with Gasteiger partial charge in [-0.2, -0.15) is 10.1 Å². The van der Waals surface area contributed by atoms with Crippen molar-refractivity contribution in [2.45, 2.75) is 37.1 Å². The Balaban J connectivity index is 2.16. The standard InChI is InChI=1S/C9H16N4O5/c1-9(10)3-11-13(8(17)12-9)7-6(16)5(15)4(2-14)18-7/h3-7,14-16H,2,10H2,1H3,(H,12,17)/t4-,5-,6-,7-,9?/m1/s1. The molecule has 0 spiro atoms. The summed E-state index contributed by atoms with van der Waals surface area (Å²) in [6, 6.07) is -0.655. The summed E-state index contributed by atoms with van der Waals surface area (Å²) in [5.74, 6) is 0. The van der Waals surface area contributed by atoms with Crippen molar-refractivity contribution in [2.24, 2.45) is 10.8 Å². The summed E-state index contributed by atoms with van der Waals surface area (Å²) >= 11 is 0. The number of nitrogens with zero attached hydrogens (tertiary/aromatic N) is 2. The van der Waals surface area contributed by atoms with Crippen LogP contribution in [0.2, 0.25) is 0 Å². The zero-order valence-corrected chi connectivity index (χ0v) is 9.72. The van der Waals surface area contributed by atoms with Crippen molar-refractivity contribution in [2.75, 3.05) is 6.61 Å². The van der Waals surface area contributed by atoms with E-state index in [4.69, 9.17) is 15.6 Å². The van der Waals surface area contributed by atoms with Gasteiger partial charge in [-0.15, -0.1) is 0 Å². The van der Waals surface area contributed by atoms with Crippen LogP contribution in [-0.2, 0) is 4.74 Å². The fraction of sp³-hybridized carbons (Fsp3) is 0.778. The lowest BCUT2D eigenvalue weighted by atomic mass is 10.1. The SMILES string of the molecule is CC1(N)C=NN([C@@H]2O[C@H](CO)[C@@H](O)[C@H]2O)C(=O)N1. The molecule has 0 aromatic heterocycles. The maximum absolute atomic E-state index is 11.7. The minimum atomic E-state index is -1.35. The molecule has 9 heteroatoms. The van der Waals surface area contributed by atoms with Crippen molar-refractivity contribution in [3.05, 3.63) is 0 Å². The van der Waals surface area contributed by atoms with Crippen LogP contribution < -0.4 is 11.1 Å². The zero-order chi connectivity index (χ0) is 13.5. The van der Waals surface area contributed by atoms with Gasteiger partial charge in [-0.05, 0) is 6.92 Å². The van der Waals surface area contributed by atoms with E-state index in [1.807, 2.05) is 0 Å². The predicted octanol–water partition coefficient (Wildman–Crippen LogP) is -2.89. The minimum absolute atomic E-state index is 0.470. The molecule has 18 heavy (non-hydrogen) atoms. The van der Waals surface area contributed by atoms with Crippen LogP contribution in [0.15, 0.2) is 5.10 Å². The molecule has 1 saturated heterocycles. The van der Waals surface area contributed by atoms with Crippen molar-refractivity contribution in [1.82, 2.24) is 10.3 Å². The van der Waals surface area contributed by atoms with E-state index >= 15 is 0 Å². The van der Waals surface area contributed by atoms with E-state index in [1.54, 1.807) is 6.92 Å². The van der Waals surface area contributed by atoms with Crippen LogP contribution in [0.25, 0.3) is 0 Å². The lowest BCUT2D eigenvalue weighted by molar-refractivity contribution is -0.0806. The number of aliphatic hydroxyl groups excluding tert-OH is 3. The third-order valence-corrected chi connectivity index (χ3v) is 2.79. The molecule has 2 amide bonds. The van der Waals surface area contributed by atoms with E-state index in [1.165, 1.54) is 6.21 Å². The van der Waals surface area contributed by atoms with Gasteiger partial charge in [-0.1, -0.05) is 0 Å². The topological polar surface area (TPSA) is 141 Å². The second-order valence-corrected chi connectivity index (χ2v) is 4.53. The van der Waals surface area contributed by atoms with Gasteiger partial charge in [-0.25, -0.2) is 4.79 Å². The molecule has 6 N–H and O–H groups in total. The van der Waals surface area contributed by atoms with Crippen LogP contribution >= 0.6 is 0 Å². The Hall–Kier alpha value is -1.26. The number of hydrogen-bond acceptors (Lipinski definition) is 7. The molecule has 5 atom stereocenters. The number of hydrogen-bond donors (Lipinski definition) is 5. The molecule has 0 saturated carbocycles. The van der Waals surface area contributed by atoms with E-state index in [0.29, 0.717) is 0 Å². The average Bonchev–Trinajstić information content (AvgIpc) is 2.55. The quantitative estimate of drug-likeness (QED) is 0.361. The summed E-state index contributed by atoms with van der Waals surface area (Å²) in [5, 5.41) is 35.3. The van der Waals surface area contributed by atoms with Gasteiger partial charge >= 0.3 is 6.03 Å². The largest absolute Gasteiger partial charge is 0.394 e. The Morgan fingerprint density at radius 2 is 2.28 bits per heavy atom. The van der Waals surface area contributed by atoms with Crippen molar-refractivity contribution in [1.29, 1.82) is 0 Å². The molecule has 0 aliphatic carbocycles. The molecule has 9 nitrogen and oxygen atoms in total. The fourth-order valence-corrected chi connectivity index (χ4v) is 1.82. The lowest BCUT2D eigenvalue weighted by Gasteiger charge is -2.34. The second kappa shape index (κ2) is 4.44. The average molecular weight is 260 g/mol. The Labute approximate surface area is 103 Å². The highest BCUT2D eigenvalue weighted by molar-refractivity contribution is 5.85. The molecule has 0 aromatic carbocycles. The Morgan fingerprint density at radius 3 is 2.78 bits per heavy atom. The van der Waals surface area contributed by atoms with Crippen LogP contribution in [0.3, 0.4) is 0 Å². The molecular weight excluding hydrogens is 244 g/mol. The maximum atomic E-state index is 11.7. The predicted molar refractivity (Wildman–Crippen MR) is 59.2 cm³/mol. The number of aliphatic hydroxyl groups is 3. The molecule has 2 aliphatic rings. The molecule has 2 rings (SSSR count). The number of carbonyl (C=O) groups is 1. The van der Waals surface area contributed by atoms with Crippen LogP contribution in [0.4, 0.5) is 4.79 Å². The Bertz CT molecular complexity index is 374. The maximum Gasteiger partial charge on any atom is 0.342 e. The third-order valence-electron chi connectivity index (χ3n) is 2.79. The normalized spacial score (nSPS) is 44.3. The molecule has 1 unspecified atom stereocenters. The summed E-state index contributed by atoms with van der Waals surface area (Å²) in [5.41, 5.74) is 4.57. The molecule has 0 radical (unpaired) electrons. The summed E-state index contributed by atoms with van der Waals surface area (Å²) < 4.78 is 5.17. The van der Waals surface area contributed by atoms with Crippen LogP contribution in [-0.4, -0.2) is 69.4 Å². The molecule has 0 aromatic rings. The van der Waals surface area contributed by atoms with E-state index in [2.05, 4.69) is 10.4 Å². The summed E-state index contributed by atoms with van der Waals surface area (Å²) in [6.07, 6.45) is -3.48. The van der Waals surface area contributed by atoms with Crippen LogP contribution in [0.1, 0.15) is 6.92 Å². The van der Waals surface area contributed by atoms with E-state index < -0.39 is 42.8 Å². The van der Waals surface area contributed by atoms with Crippen molar-refractivity contribution in [3.8, 4) is 0 Å². The fourth-order valence-electron chi connectivity index (χ4n) is 1.82. The zero-order valence-electron chi connectivity index (χ0n) is 9.72. The van der Waals surface area contributed by atoms with E-state index in [9.17, 15) is 15.0 Å². The van der Waals surface area contributed by atoms with Crippen LogP contribution in [0, 0.1) is 0 Å². The van der Waals surface area contributed by atoms with Crippen molar-refractivity contribution < 1.29 is 24.9 Å². The first-order valence-electron chi connectivity index (χ1n) is 5.43. The number of nitrogens with two attached hydrogens (primary N) is 1. The number of nitrogens with one attached hydrogen (secondary N) is 1. The highest BCUT2D eigenvalue weighted by Gasteiger charge is 2.48. The molecule has 1 fully saturated rings. The molecule has 2 aliphatic heterocycles. The molecule has 0 bridgehead atoms. The van der Waals surface area contributed by atoms with Gasteiger partial charge in [0.1, 0.15) is 24.0 Å². The monoisotopic (exact) mass is 260 g/mol. The summed E-state index contributed by atoms with van der Waals surface area (Å²) in [6.45, 7) is 1.07. The van der Waals surface area contributed by atoms with Gasteiger partial charge in [0.15, 0.2) is 6.23 Å². The van der Waals surface area contributed by atoms with Gasteiger partial charge < -0.3 is 31.1 Å². The number of urea groups is 1. The molecule has 102 valence electrons. The van der Waals surface area contributed by atoms with Crippen LogP contribution in [0.5, 0.6) is 0 Å². The number of amides is 2. The summed E-state index contributed by atoms with van der Waals surface area (Å²) in [4.78, 5) is 11.7. The molecular formula is C9H16N4O5. The first-order valence-corrected chi connectivity index (χ1v) is 5.43. The minimum Gasteiger partial charge on any atom is -0.394 e. The Morgan fingerprint density at radius 1 is 1.61 bits per heavy atom. The smallest absolute Gasteiger partial charge is 0.342 e. The second-order valence-electron chi connectivity index (χ2n) is 4.53. The number of ether oxygens (including phenoxy) is 1. The highest BCUT2D eigenvalue weighted by atomic mass is 16.6. The number of carbonyl (C=O) groups excluding carboxylic acids is 1. The lowest BCUT2D eigenvalue weighted by Crippen LogP contribution is -2.63. The van der Waals surface area contributed by atoms with Gasteiger partial charge in [0, 0.05) is 0 Å².